The summed E-state index contributed by atoms with van der Waals surface area (Å²) in [6.07, 6.45) is 2.51. The highest BCUT2D eigenvalue weighted by atomic mass is 16.6. The highest BCUT2D eigenvalue weighted by Gasteiger charge is 2.45. The first kappa shape index (κ1) is 33.6. The Kier molecular flexibility index (Phi) is 10.3. The topological polar surface area (TPSA) is 153 Å². The number of allylic oxidation sites excluding steroid dienone is 1. The van der Waals surface area contributed by atoms with E-state index in [4.69, 9.17) is 18.9 Å². The average Bonchev–Trinajstić information content (AvgIpc) is 3.59. The van der Waals surface area contributed by atoms with Crippen LogP contribution in [0.15, 0.2) is 24.3 Å². The molecule has 0 aliphatic carbocycles. The smallest absolute Gasteiger partial charge is 0.410 e. The second-order valence-corrected chi connectivity index (χ2v) is 13.4. The quantitative estimate of drug-likeness (QED) is 0.377. The van der Waals surface area contributed by atoms with Gasteiger partial charge in [-0.3, -0.25) is 9.69 Å². The first-order valence-corrected chi connectivity index (χ1v) is 15.2. The molecule has 1 fully saturated rings. The summed E-state index contributed by atoms with van der Waals surface area (Å²) in [6.45, 7) is 9.38. The predicted molar refractivity (Wildman–Crippen MR) is 163 cm³/mol. The molecule has 0 aromatic heterocycles. The summed E-state index contributed by atoms with van der Waals surface area (Å²) >= 11 is 0. The van der Waals surface area contributed by atoms with Crippen molar-refractivity contribution in [2.45, 2.75) is 90.8 Å². The third kappa shape index (κ3) is 8.89. The fourth-order valence-electron chi connectivity index (χ4n) is 5.54. The minimum Gasteiger partial charge on any atom is -0.467 e. The van der Waals surface area contributed by atoms with E-state index in [2.05, 4.69) is 16.7 Å². The van der Waals surface area contributed by atoms with Gasteiger partial charge in [-0.25, -0.2) is 19.2 Å². The molecule has 4 amide bonds. The zero-order valence-electron chi connectivity index (χ0n) is 26.8. The van der Waals surface area contributed by atoms with Gasteiger partial charge < -0.3 is 34.5 Å². The molecule has 4 rings (SSSR count). The molecule has 0 saturated carbocycles. The third-order valence-corrected chi connectivity index (χ3v) is 7.88. The number of amides is 4. The number of cyclic esters (lactones) is 1. The number of carbonyl (C=O) groups is 5. The molecule has 246 valence electrons. The number of esters is 1. The Labute approximate surface area is 263 Å². The third-order valence-electron chi connectivity index (χ3n) is 7.88. The molecular formula is C32H44N4O9. The maximum Gasteiger partial charge on any atom is 0.410 e. The first-order valence-electron chi connectivity index (χ1n) is 15.2. The number of rotatable bonds is 3. The summed E-state index contributed by atoms with van der Waals surface area (Å²) in [7, 11) is 1.20. The maximum absolute atomic E-state index is 13.9. The number of ether oxygens (including phenoxy) is 4. The van der Waals surface area contributed by atoms with Gasteiger partial charge in [-0.15, -0.1) is 0 Å². The van der Waals surface area contributed by atoms with Crippen LogP contribution >= 0.6 is 0 Å². The summed E-state index contributed by atoms with van der Waals surface area (Å²) in [4.78, 5) is 68.1. The van der Waals surface area contributed by atoms with E-state index in [1.165, 1.54) is 12.0 Å². The Morgan fingerprint density at radius 1 is 1.16 bits per heavy atom. The minimum atomic E-state index is -1.32. The summed E-state index contributed by atoms with van der Waals surface area (Å²) in [6, 6.07) is 3.53. The number of benzene rings is 1. The van der Waals surface area contributed by atoms with E-state index < -0.39 is 53.9 Å². The Hall–Kier alpha value is -4.29. The van der Waals surface area contributed by atoms with E-state index in [1.807, 2.05) is 38.1 Å². The molecule has 4 bridgehead atoms. The molecule has 13 nitrogen and oxygen atoms in total. The monoisotopic (exact) mass is 628 g/mol. The molecule has 1 aromatic carbocycles. The summed E-state index contributed by atoms with van der Waals surface area (Å²) in [5.41, 5.74) is 1.90. The van der Waals surface area contributed by atoms with Crippen molar-refractivity contribution in [2.75, 3.05) is 26.8 Å². The molecule has 3 unspecified atom stereocenters. The number of fused-ring (bicyclic) bond motifs is 3. The van der Waals surface area contributed by atoms with Crippen molar-refractivity contribution in [3.8, 4) is 0 Å². The molecule has 3 aliphatic heterocycles. The lowest BCUT2D eigenvalue weighted by Gasteiger charge is -2.29. The molecule has 45 heavy (non-hydrogen) atoms. The van der Waals surface area contributed by atoms with Crippen molar-refractivity contribution in [1.29, 1.82) is 0 Å². The fourth-order valence-corrected chi connectivity index (χ4v) is 5.54. The molecule has 1 saturated heterocycles. The van der Waals surface area contributed by atoms with Crippen LogP contribution in [0.4, 0.5) is 14.4 Å². The second kappa shape index (κ2) is 13.8. The van der Waals surface area contributed by atoms with Gasteiger partial charge in [0.15, 0.2) is 0 Å². The largest absolute Gasteiger partial charge is 0.467 e. The van der Waals surface area contributed by atoms with Crippen LogP contribution in [-0.4, -0.2) is 90.6 Å². The molecule has 2 N–H and O–H groups in total. The van der Waals surface area contributed by atoms with E-state index in [9.17, 15) is 24.0 Å². The van der Waals surface area contributed by atoms with Gasteiger partial charge in [0.2, 0.25) is 5.91 Å². The lowest BCUT2D eigenvalue weighted by molar-refractivity contribution is -0.151. The zero-order valence-corrected chi connectivity index (χ0v) is 26.8. The zero-order chi connectivity index (χ0) is 32.9. The van der Waals surface area contributed by atoms with Gasteiger partial charge >= 0.3 is 24.2 Å². The van der Waals surface area contributed by atoms with Crippen molar-refractivity contribution in [3.05, 3.63) is 41.0 Å². The Bertz CT molecular complexity index is 1340. The second-order valence-electron chi connectivity index (χ2n) is 13.4. The van der Waals surface area contributed by atoms with E-state index in [0.29, 0.717) is 19.5 Å². The fraction of sp³-hybridized carbons (Fsp3) is 0.594. The van der Waals surface area contributed by atoms with Crippen LogP contribution in [0.5, 0.6) is 0 Å². The van der Waals surface area contributed by atoms with E-state index in [1.54, 1.807) is 25.7 Å². The van der Waals surface area contributed by atoms with Crippen molar-refractivity contribution >= 4 is 36.2 Å². The Morgan fingerprint density at radius 2 is 1.91 bits per heavy atom. The van der Waals surface area contributed by atoms with Gasteiger partial charge in [-0.05, 0) is 55.7 Å². The van der Waals surface area contributed by atoms with E-state index >= 15 is 0 Å². The molecule has 0 radical (unpaired) electrons. The van der Waals surface area contributed by atoms with Crippen molar-refractivity contribution in [3.63, 3.8) is 0 Å². The van der Waals surface area contributed by atoms with Crippen LogP contribution in [0.2, 0.25) is 0 Å². The van der Waals surface area contributed by atoms with Crippen molar-refractivity contribution in [1.82, 2.24) is 20.4 Å². The number of alkyl carbamates (subject to hydrolysis) is 2. The predicted octanol–water partition coefficient (Wildman–Crippen LogP) is 3.73. The molecule has 0 spiro atoms. The molecule has 13 heteroatoms. The number of hydrogen-bond donors (Lipinski definition) is 2. The van der Waals surface area contributed by atoms with Gasteiger partial charge in [0, 0.05) is 13.0 Å². The van der Waals surface area contributed by atoms with Crippen molar-refractivity contribution in [2.24, 2.45) is 5.41 Å². The molecular weight excluding hydrogens is 584 g/mol. The van der Waals surface area contributed by atoms with Crippen LogP contribution in [0.25, 0.3) is 6.08 Å². The lowest BCUT2D eigenvalue weighted by atomic mass is 9.88. The number of nitrogens with zero attached hydrogens (tertiary/aromatic N) is 2. The van der Waals surface area contributed by atoms with Crippen LogP contribution in [0.3, 0.4) is 0 Å². The lowest BCUT2D eigenvalue weighted by Crippen LogP contribution is -2.56. The molecule has 1 aromatic rings. The number of carbonyl (C=O) groups excluding carboxylic acids is 5. The van der Waals surface area contributed by atoms with Gasteiger partial charge in [0.1, 0.15) is 23.8 Å². The highest BCUT2D eigenvalue weighted by molar-refractivity contribution is 5.91. The Balaban J connectivity index is 1.60. The number of hydrogen-bond acceptors (Lipinski definition) is 9. The maximum atomic E-state index is 13.9. The SMILES string of the molecule is COC(=O)C1CC2CN1C(=O)C(CNC(=O)OC(C)(C)C)NC(=O)OCC(C)(C)CCC=Cc1cccc3c1CN(C3)C(=O)O2. The molecule has 3 atom stereocenters. The van der Waals surface area contributed by atoms with Gasteiger partial charge in [0.25, 0.3) is 0 Å². The van der Waals surface area contributed by atoms with Gasteiger partial charge in [-0.2, -0.15) is 0 Å². The van der Waals surface area contributed by atoms with Gasteiger partial charge in [0.05, 0.1) is 33.4 Å². The van der Waals surface area contributed by atoms with E-state index in [0.717, 1.165) is 23.1 Å². The van der Waals surface area contributed by atoms with E-state index in [-0.39, 0.29) is 31.5 Å². The molecule has 3 heterocycles. The standard InChI is InChI=1S/C32H44N4O9/c1-31(2,3)45-28(39)33-15-24-26(37)36-17-22(14-25(36)27(38)42-6)44-30(41)35-16-21-12-9-11-20(23(21)18-35)10-7-8-13-32(4,5)19-43-29(40)34-24/h7,9-12,22,24-25H,8,13-19H2,1-6H3,(H,33,39)(H,34,40). The minimum absolute atomic E-state index is 0.00375. The van der Waals surface area contributed by atoms with Gasteiger partial charge in [-0.1, -0.05) is 44.2 Å². The van der Waals surface area contributed by atoms with Crippen LogP contribution in [0.1, 0.15) is 70.6 Å². The summed E-state index contributed by atoms with van der Waals surface area (Å²) in [5, 5.41) is 5.04. The van der Waals surface area contributed by atoms with Crippen LogP contribution in [0, 0.1) is 5.41 Å². The van der Waals surface area contributed by atoms with Crippen LogP contribution < -0.4 is 10.6 Å². The van der Waals surface area contributed by atoms with Crippen LogP contribution in [-0.2, 0) is 41.6 Å². The number of nitrogens with one attached hydrogen (secondary N) is 2. The first-order chi connectivity index (χ1) is 21.2. The summed E-state index contributed by atoms with van der Waals surface area (Å²) in [5.74, 6) is -1.39. The number of methoxy groups -OCH3 is 1. The Morgan fingerprint density at radius 3 is 2.62 bits per heavy atom. The highest BCUT2D eigenvalue weighted by Crippen LogP contribution is 2.30. The molecule has 3 aliphatic rings. The van der Waals surface area contributed by atoms with Crippen molar-refractivity contribution < 1.29 is 42.9 Å². The normalized spacial score (nSPS) is 23.9. The summed E-state index contributed by atoms with van der Waals surface area (Å²) < 4.78 is 21.6. The average molecular weight is 629 g/mol.